The molecule has 37 heavy (non-hydrogen) atoms. The molecule has 0 aromatic carbocycles. The molecule has 7 nitrogen and oxygen atoms in total. The second kappa shape index (κ2) is 11.6. The number of thiophene rings is 1. The van der Waals surface area contributed by atoms with Gasteiger partial charge in [0, 0.05) is 17.4 Å². The minimum atomic E-state index is -1.01. The zero-order valence-electron chi connectivity index (χ0n) is 22.2. The van der Waals surface area contributed by atoms with E-state index in [9.17, 15) is 14.7 Å². The van der Waals surface area contributed by atoms with E-state index in [1.807, 2.05) is 31.7 Å². The van der Waals surface area contributed by atoms with Crippen molar-refractivity contribution in [2.24, 2.45) is 17.3 Å². The number of anilines is 1. The fourth-order valence-electron chi connectivity index (χ4n) is 5.18. The van der Waals surface area contributed by atoms with E-state index in [1.165, 1.54) is 6.33 Å². The number of carbonyl (C=O) groups excluding carboxylic acids is 1. The van der Waals surface area contributed by atoms with Crippen LogP contribution in [-0.4, -0.2) is 39.1 Å². The number of carboxylic acids is 1. The Hall–Kier alpha value is -2.92. The van der Waals surface area contributed by atoms with E-state index in [4.69, 9.17) is 4.74 Å². The minimum absolute atomic E-state index is 0.0179. The van der Waals surface area contributed by atoms with Crippen molar-refractivity contribution in [1.29, 1.82) is 0 Å². The zero-order chi connectivity index (χ0) is 26.6. The van der Waals surface area contributed by atoms with E-state index in [0.717, 1.165) is 62.7 Å². The topological polar surface area (TPSA) is 92.6 Å². The van der Waals surface area contributed by atoms with Gasteiger partial charge < -0.3 is 14.7 Å². The molecule has 0 atom stereocenters. The maximum absolute atomic E-state index is 14.0. The highest BCUT2D eigenvalue weighted by molar-refractivity contribution is 7.15. The highest BCUT2D eigenvalue weighted by Gasteiger charge is 2.37. The van der Waals surface area contributed by atoms with Gasteiger partial charge in [0.05, 0.1) is 29.1 Å². The Balaban J connectivity index is 1.61. The number of ether oxygens (including phenoxy) is 1. The van der Waals surface area contributed by atoms with Gasteiger partial charge in [0.25, 0.3) is 0 Å². The Kier molecular flexibility index (Phi) is 8.53. The lowest BCUT2D eigenvalue weighted by molar-refractivity contribution is -0.124. The largest absolute Gasteiger partial charge is 0.487 e. The first-order valence-electron chi connectivity index (χ1n) is 13.3. The summed E-state index contributed by atoms with van der Waals surface area (Å²) in [6.45, 7) is 8.30. The van der Waals surface area contributed by atoms with Crippen molar-refractivity contribution < 1.29 is 19.4 Å². The van der Waals surface area contributed by atoms with Crippen LogP contribution >= 0.6 is 11.3 Å². The summed E-state index contributed by atoms with van der Waals surface area (Å²) < 4.78 is 6.07. The van der Waals surface area contributed by atoms with Crippen molar-refractivity contribution in [1.82, 2.24) is 9.97 Å². The Morgan fingerprint density at radius 3 is 2.30 bits per heavy atom. The number of hydrogen-bond acceptors (Lipinski definition) is 6. The Morgan fingerprint density at radius 1 is 1.05 bits per heavy atom. The average molecular weight is 524 g/mol. The van der Waals surface area contributed by atoms with Crippen molar-refractivity contribution in [2.75, 3.05) is 4.90 Å². The Morgan fingerprint density at radius 2 is 1.70 bits per heavy atom. The molecule has 1 amide bonds. The number of amides is 1. The molecule has 2 fully saturated rings. The number of rotatable bonds is 6. The third kappa shape index (κ3) is 7.10. The summed E-state index contributed by atoms with van der Waals surface area (Å²) in [6, 6.07) is 1.75. The second-order valence-electron chi connectivity index (χ2n) is 11.4. The SMILES string of the molecule is CC(C)(C)C#Cc1cc(N(C(=O)[C@H]2CC[C@H](C)CC2)[C@H]2CC[C@@H](Oc3cncnc3)CC2)c(C(=O)O)s1. The van der Waals surface area contributed by atoms with Gasteiger partial charge in [0.15, 0.2) is 5.75 Å². The van der Waals surface area contributed by atoms with Crippen LogP contribution < -0.4 is 9.64 Å². The van der Waals surface area contributed by atoms with Crippen molar-refractivity contribution >= 4 is 28.9 Å². The van der Waals surface area contributed by atoms with Gasteiger partial charge in [-0.25, -0.2) is 14.8 Å². The number of carboxylic acid groups (broad SMARTS) is 1. The smallest absolute Gasteiger partial charge is 0.348 e. The van der Waals surface area contributed by atoms with Gasteiger partial charge in [-0.05, 0) is 84.1 Å². The summed E-state index contributed by atoms with van der Waals surface area (Å²) in [7, 11) is 0. The predicted molar refractivity (Wildman–Crippen MR) is 145 cm³/mol. The van der Waals surface area contributed by atoms with Crippen LogP contribution in [0.1, 0.15) is 93.6 Å². The number of aromatic carboxylic acids is 1. The van der Waals surface area contributed by atoms with Crippen LogP contribution in [-0.2, 0) is 4.79 Å². The van der Waals surface area contributed by atoms with E-state index >= 15 is 0 Å². The maximum atomic E-state index is 14.0. The molecule has 2 aromatic heterocycles. The number of nitrogens with zero attached hydrogens (tertiary/aromatic N) is 3. The van der Waals surface area contributed by atoms with Gasteiger partial charge in [-0.2, -0.15) is 0 Å². The monoisotopic (exact) mass is 523 g/mol. The fourth-order valence-corrected chi connectivity index (χ4v) is 6.03. The lowest BCUT2D eigenvalue weighted by Gasteiger charge is -2.39. The summed E-state index contributed by atoms with van der Waals surface area (Å²) in [5, 5.41) is 10.1. The molecule has 0 unspecified atom stereocenters. The summed E-state index contributed by atoms with van der Waals surface area (Å²) in [5.41, 5.74) is 0.296. The highest BCUT2D eigenvalue weighted by atomic mass is 32.1. The van der Waals surface area contributed by atoms with Crippen LogP contribution in [0, 0.1) is 29.1 Å². The van der Waals surface area contributed by atoms with E-state index in [-0.39, 0.29) is 34.3 Å². The number of carbonyl (C=O) groups is 2. The maximum Gasteiger partial charge on any atom is 0.348 e. The molecule has 2 aromatic rings. The molecule has 0 radical (unpaired) electrons. The van der Waals surface area contributed by atoms with Crippen molar-refractivity contribution in [3.63, 3.8) is 0 Å². The van der Waals surface area contributed by atoms with Crippen LogP contribution in [0.4, 0.5) is 5.69 Å². The van der Waals surface area contributed by atoms with E-state index in [0.29, 0.717) is 22.2 Å². The van der Waals surface area contributed by atoms with Gasteiger partial charge in [-0.3, -0.25) is 4.79 Å². The molecule has 0 bridgehead atoms. The molecular weight excluding hydrogens is 486 g/mol. The summed E-state index contributed by atoms with van der Waals surface area (Å²) >= 11 is 1.16. The van der Waals surface area contributed by atoms with Crippen LogP contribution in [0.15, 0.2) is 24.8 Å². The normalized spacial score (nSPS) is 24.0. The molecule has 8 heteroatoms. The first kappa shape index (κ1) is 27.1. The lowest BCUT2D eigenvalue weighted by atomic mass is 9.81. The molecular formula is C29H37N3O4S. The second-order valence-corrected chi connectivity index (χ2v) is 12.5. The van der Waals surface area contributed by atoms with Gasteiger partial charge in [-0.1, -0.05) is 18.8 Å². The van der Waals surface area contributed by atoms with Crippen molar-refractivity contribution in [3.05, 3.63) is 34.5 Å². The Labute approximate surface area is 223 Å². The Bertz CT molecular complexity index is 1150. The van der Waals surface area contributed by atoms with Crippen molar-refractivity contribution in [2.45, 2.75) is 91.2 Å². The summed E-state index contributed by atoms with van der Waals surface area (Å²) in [4.78, 5) is 37.1. The molecule has 2 aliphatic carbocycles. The fraction of sp³-hybridized carbons (Fsp3) is 0.586. The summed E-state index contributed by atoms with van der Waals surface area (Å²) in [6.07, 6.45) is 11.6. The van der Waals surface area contributed by atoms with Gasteiger partial charge in [0.2, 0.25) is 5.91 Å². The van der Waals surface area contributed by atoms with Crippen LogP contribution in [0.5, 0.6) is 5.75 Å². The van der Waals surface area contributed by atoms with E-state index in [2.05, 4.69) is 28.7 Å². The van der Waals surface area contributed by atoms with Crippen LogP contribution in [0.25, 0.3) is 0 Å². The van der Waals surface area contributed by atoms with E-state index in [1.54, 1.807) is 12.4 Å². The summed E-state index contributed by atoms with van der Waals surface area (Å²) in [5.74, 6) is 6.59. The first-order chi connectivity index (χ1) is 17.6. The molecule has 1 N–H and O–H groups in total. The van der Waals surface area contributed by atoms with Crippen molar-refractivity contribution in [3.8, 4) is 17.6 Å². The third-order valence-corrected chi connectivity index (χ3v) is 8.21. The standard InChI is InChI=1S/C29H37N3O4S/c1-19-5-7-20(8-6-19)27(33)32(21-9-11-22(12-10-21)36-23-16-30-18-31-17-23)25-15-24(13-14-29(2,3)4)37-26(25)28(34)35/h15-22H,5-12H2,1-4H3,(H,34,35)/t19-,20-,21-,22+. The molecule has 0 aliphatic heterocycles. The molecule has 2 saturated carbocycles. The quantitative estimate of drug-likeness (QED) is 0.454. The van der Waals surface area contributed by atoms with Gasteiger partial charge in [0.1, 0.15) is 11.2 Å². The van der Waals surface area contributed by atoms with Gasteiger partial charge >= 0.3 is 5.97 Å². The predicted octanol–water partition coefficient (Wildman–Crippen LogP) is 6.18. The molecule has 4 rings (SSSR count). The molecule has 0 saturated heterocycles. The molecule has 2 heterocycles. The average Bonchev–Trinajstić information content (AvgIpc) is 3.29. The lowest BCUT2D eigenvalue weighted by Crippen LogP contribution is -2.47. The highest BCUT2D eigenvalue weighted by Crippen LogP contribution is 2.39. The molecule has 2 aliphatic rings. The molecule has 0 spiro atoms. The van der Waals surface area contributed by atoms with Crippen LogP contribution in [0.2, 0.25) is 0 Å². The number of aromatic nitrogens is 2. The number of hydrogen-bond donors (Lipinski definition) is 1. The van der Waals surface area contributed by atoms with E-state index < -0.39 is 5.97 Å². The minimum Gasteiger partial charge on any atom is -0.487 e. The zero-order valence-corrected chi connectivity index (χ0v) is 23.0. The third-order valence-electron chi connectivity index (χ3n) is 7.18. The van der Waals surface area contributed by atoms with Gasteiger partial charge in [-0.15, -0.1) is 11.3 Å². The first-order valence-corrected chi connectivity index (χ1v) is 14.1. The van der Waals surface area contributed by atoms with Crippen LogP contribution in [0.3, 0.4) is 0 Å². The molecule has 198 valence electrons.